The summed E-state index contributed by atoms with van der Waals surface area (Å²) in [4.78, 5) is 1.70. The van der Waals surface area contributed by atoms with E-state index in [4.69, 9.17) is 0 Å². The Kier molecular flexibility index (Phi) is 4.55. The Bertz CT molecular complexity index is 609. The van der Waals surface area contributed by atoms with E-state index in [-0.39, 0.29) is 6.10 Å². The molecule has 1 aromatic heterocycles. The van der Waals surface area contributed by atoms with Crippen LogP contribution < -0.4 is 5.32 Å². The van der Waals surface area contributed by atoms with Gasteiger partial charge in [0.25, 0.3) is 0 Å². The number of aryl methyl sites for hydroxylation is 2. The number of benzene rings is 1. The molecule has 118 valence electrons. The minimum absolute atomic E-state index is 0.108. The molecule has 2 N–H and O–H groups in total. The molecule has 0 amide bonds. The van der Waals surface area contributed by atoms with Crippen LogP contribution in [0.25, 0.3) is 5.69 Å². The van der Waals surface area contributed by atoms with Gasteiger partial charge in [0.05, 0.1) is 23.7 Å². The first kappa shape index (κ1) is 15.2. The summed E-state index contributed by atoms with van der Waals surface area (Å²) in [6.45, 7) is 4.89. The minimum Gasteiger partial charge on any atom is -0.393 e. The van der Waals surface area contributed by atoms with Crippen LogP contribution in [0.5, 0.6) is 0 Å². The van der Waals surface area contributed by atoms with Gasteiger partial charge in [-0.2, -0.15) is 15.0 Å². The fourth-order valence-corrected chi connectivity index (χ4v) is 3.09. The van der Waals surface area contributed by atoms with E-state index in [9.17, 15) is 5.11 Å². The first-order valence-electron chi connectivity index (χ1n) is 8.01. The second-order valence-corrected chi connectivity index (χ2v) is 6.36. The van der Waals surface area contributed by atoms with Crippen molar-refractivity contribution in [2.45, 2.75) is 58.2 Å². The van der Waals surface area contributed by atoms with Crippen LogP contribution >= 0.6 is 0 Å². The van der Waals surface area contributed by atoms with E-state index in [0.29, 0.717) is 6.04 Å². The predicted octanol–water partition coefficient (Wildman–Crippen LogP) is 2.28. The molecule has 0 bridgehead atoms. The van der Waals surface area contributed by atoms with Gasteiger partial charge in [0, 0.05) is 12.6 Å². The Morgan fingerprint density at radius 3 is 2.50 bits per heavy atom. The summed E-state index contributed by atoms with van der Waals surface area (Å²) in [7, 11) is 0. The van der Waals surface area contributed by atoms with E-state index in [1.54, 1.807) is 4.80 Å². The van der Waals surface area contributed by atoms with Gasteiger partial charge in [0.2, 0.25) is 0 Å². The number of nitrogens with one attached hydrogen (secondary N) is 1. The largest absolute Gasteiger partial charge is 0.393 e. The van der Waals surface area contributed by atoms with Crippen molar-refractivity contribution < 1.29 is 5.11 Å². The molecule has 22 heavy (non-hydrogen) atoms. The predicted molar refractivity (Wildman–Crippen MR) is 85.9 cm³/mol. The topological polar surface area (TPSA) is 63.0 Å². The summed E-state index contributed by atoms with van der Waals surface area (Å²) in [5.41, 5.74) is 4.38. The maximum Gasteiger partial charge on any atom is 0.0969 e. The summed E-state index contributed by atoms with van der Waals surface area (Å²) in [6.07, 6.45) is 5.57. The molecule has 1 aliphatic carbocycles. The molecule has 1 saturated carbocycles. The number of nitrogens with zero attached hydrogens (tertiary/aromatic N) is 3. The zero-order chi connectivity index (χ0) is 15.5. The monoisotopic (exact) mass is 300 g/mol. The highest BCUT2D eigenvalue weighted by molar-refractivity contribution is 5.37. The van der Waals surface area contributed by atoms with Crippen molar-refractivity contribution >= 4 is 0 Å². The lowest BCUT2D eigenvalue weighted by atomic mass is 9.93. The Morgan fingerprint density at radius 1 is 1.14 bits per heavy atom. The second kappa shape index (κ2) is 6.58. The molecule has 0 aliphatic heterocycles. The SMILES string of the molecule is Cc1cc(C)cc(-n2ncc(CNC3CCC(O)CC3)n2)c1. The fraction of sp³-hybridized carbons (Fsp3) is 0.529. The molecule has 0 unspecified atom stereocenters. The van der Waals surface area contributed by atoms with Crippen molar-refractivity contribution in [1.29, 1.82) is 0 Å². The standard InChI is InChI=1S/C17H24N4O/c1-12-7-13(2)9-16(8-12)21-19-11-15(20-21)10-18-14-3-5-17(22)6-4-14/h7-9,11,14,17-18,22H,3-6,10H2,1-2H3. The molecular weight excluding hydrogens is 276 g/mol. The quantitative estimate of drug-likeness (QED) is 0.909. The molecule has 5 nitrogen and oxygen atoms in total. The number of rotatable bonds is 4. The maximum absolute atomic E-state index is 9.53. The van der Waals surface area contributed by atoms with Gasteiger partial charge in [-0.25, -0.2) is 0 Å². The molecule has 3 rings (SSSR count). The van der Waals surface area contributed by atoms with Crippen LogP contribution in [0, 0.1) is 13.8 Å². The molecule has 0 radical (unpaired) electrons. The van der Waals surface area contributed by atoms with E-state index in [2.05, 4.69) is 47.6 Å². The number of aliphatic hydroxyl groups excluding tert-OH is 1. The van der Waals surface area contributed by atoms with Crippen LogP contribution in [-0.4, -0.2) is 32.2 Å². The van der Waals surface area contributed by atoms with Gasteiger partial charge in [-0.3, -0.25) is 0 Å². The first-order chi connectivity index (χ1) is 10.6. The average Bonchev–Trinajstić information content (AvgIpc) is 2.95. The van der Waals surface area contributed by atoms with Crippen LogP contribution in [0.2, 0.25) is 0 Å². The van der Waals surface area contributed by atoms with E-state index >= 15 is 0 Å². The number of aromatic nitrogens is 3. The van der Waals surface area contributed by atoms with Crippen LogP contribution in [0.3, 0.4) is 0 Å². The smallest absolute Gasteiger partial charge is 0.0969 e. The van der Waals surface area contributed by atoms with Crippen LogP contribution in [-0.2, 0) is 6.54 Å². The van der Waals surface area contributed by atoms with Gasteiger partial charge in [-0.1, -0.05) is 6.07 Å². The zero-order valence-corrected chi connectivity index (χ0v) is 13.3. The van der Waals surface area contributed by atoms with Crippen molar-refractivity contribution in [3.05, 3.63) is 41.2 Å². The third-order valence-corrected chi connectivity index (χ3v) is 4.25. The van der Waals surface area contributed by atoms with Crippen LogP contribution in [0.1, 0.15) is 42.5 Å². The zero-order valence-electron chi connectivity index (χ0n) is 13.3. The molecule has 1 aliphatic rings. The van der Waals surface area contributed by atoms with Gasteiger partial charge in [0.15, 0.2) is 0 Å². The van der Waals surface area contributed by atoms with Crippen molar-refractivity contribution in [2.75, 3.05) is 0 Å². The van der Waals surface area contributed by atoms with Gasteiger partial charge < -0.3 is 10.4 Å². The van der Waals surface area contributed by atoms with Crippen molar-refractivity contribution in [3.8, 4) is 5.69 Å². The van der Waals surface area contributed by atoms with E-state index in [0.717, 1.165) is 43.6 Å². The highest BCUT2D eigenvalue weighted by atomic mass is 16.3. The van der Waals surface area contributed by atoms with E-state index in [1.807, 2.05) is 6.20 Å². The second-order valence-electron chi connectivity index (χ2n) is 6.36. The average molecular weight is 300 g/mol. The summed E-state index contributed by atoms with van der Waals surface area (Å²) >= 11 is 0. The summed E-state index contributed by atoms with van der Waals surface area (Å²) < 4.78 is 0. The Balaban J connectivity index is 1.61. The Hall–Kier alpha value is -1.72. The van der Waals surface area contributed by atoms with E-state index < -0.39 is 0 Å². The summed E-state index contributed by atoms with van der Waals surface area (Å²) in [6, 6.07) is 6.81. The number of hydrogen-bond donors (Lipinski definition) is 2. The molecule has 0 spiro atoms. The molecule has 2 aromatic rings. The lowest BCUT2D eigenvalue weighted by Crippen LogP contribution is -2.34. The molecule has 5 heteroatoms. The molecular formula is C17H24N4O. The molecule has 1 aromatic carbocycles. The molecule has 1 fully saturated rings. The van der Waals surface area contributed by atoms with Crippen LogP contribution in [0.4, 0.5) is 0 Å². The highest BCUT2D eigenvalue weighted by Gasteiger charge is 2.19. The lowest BCUT2D eigenvalue weighted by molar-refractivity contribution is 0.116. The molecule has 1 heterocycles. The third kappa shape index (κ3) is 3.72. The number of aliphatic hydroxyl groups is 1. The number of hydrogen-bond acceptors (Lipinski definition) is 4. The van der Waals surface area contributed by atoms with Crippen molar-refractivity contribution in [1.82, 2.24) is 20.3 Å². The van der Waals surface area contributed by atoms with Crippen molar-refractivity contribution in [2.24, 2.45) is 0 Å². The molecule has 0 saturated heterocycles. The Labute approximate surface area is 131 Å². The minimum atomic E-state index is -0.108. The van der Waals surface area contributed by atoms with Gasteiger partial charge in [-0.05, 0) is 62.8 Å². The normalized spacial score (nSPS) is 22.0. The van der Waals surface area contributed by atoms with Gasteiger partial charge in [-0.15, -0.1) is 0 Å². The Morgan fingerprint density at radius 2 is 1.82 bits per heavy atom. The van der Waals surface area contributed by atoms with Crippen molar-refractivity contribution in [3.63, 3.8) is 0 Å². The summed E-state index contributed by atoms with van der Waals surface area (Å²) in [5.74, 6) is 0. The third-order valence-electron chi connectivity index (χ3n) is 4.25. The summed E-state index contributed by atoms with van der Waals surface area (Å²) in [5, 5.41) is 22.0. The van der Waals surface area contributed by atoms with E-state index in [1.165, 1.54) is 11.1 Å². The van der Waals surface area contributed by atoms with Gasteiger partial charge >= 0.3 is 0 Å². The highest BCUT2D eigenvalue weighted by Crippen LogP contribution is 2.18. The maximum atomic E-state index is 9.53. The molecule has 0 atom stereocenters. The van der Waals surface area contributed by atoms with Crippen LogP contribution in [0.15, 0.2) is 24.4 Å². The lowest BCUT2D eigenvalue weighted by Gasteiger charge is -2.25. The first-order valence-corrected chi connectivity index (χ1v) is 8.01. The fourth-order valence-electron chi connectivity index (χ4n) is 3.09. The van der Waals surface area contributed by atoms with Gasteiger partial charge in [0.1, 0.15) is 0 Å².